The number of allylic oxidation sites excluding steroid dienone is 1. The van der Waals surface area contributed by atoms with Crippen molar-refractivity contribution in [3.8, 4) is 0 Å². The molecule has 4 aromatic rings. The third-order valence-corrected chi connectivity index (χ3v) is 6.20. The quantitative estimate of drug-likeness (QED) is 0.274. The summed E-state index contributed by atoms with van der Waals surface area (Å²) >= 11 is 0. The van der Waals surface area contributed by atoms with E-state index in [2.05, 4.69) is 10.3 Å². The minimum absolute atomic E-state index is 0.0749. The molecule has 0 spiro atoms. The van der Waals surface area contributed by atoms with E-state index in [0.717, 1.165) is 16.7 Å². The molecule has 0 saturated carbocycles. The Hall–Kier alpha value is -4.64. The fraction of sp³-hybridized carbons (Fsp3) is 0.0968. The molecular formula is C31H25N3O2. The standard InChI is InChI=1S/C31H25N3O2/c1-22-17-19-26(20-18-22)31(36)28-27(30(35)25-15-9-4-10-16-25)29(24-13-7-3-8-14-24)34(33-32-28)21-23-11-5-2-6-12-23/h2-20,29H,21H2,1H3/t29-/m0/s1. The molecule has 0 aromatic heterocycles. The first-order valence-corrected chi connectivity index (χ1v) is 11.8. The molecule has 5 rings (SSSR count). The number of ketones is 2. The van der Waals surface area contributed by atoms with Crippen LogP contribution < -0.4 is 0 Å². The molecule has 1 heterocycles. The maximum absolute atomic E-state index is 14.0. The van der Waals surface area contributed by atoms with Gasteiger partial charge in [0.05, 0.1) is 12.1 Å². The molecule has 1 aliphatic heterocycles. The molecule has 0 radical (unpaired) electrons. The summed E-state index contributed by atoms with van der Waals surface area (Å²) in [6.07, 6.45) is 0. The van der Waals surface area contributed by atoms with Crippen LogP contribution in [0.15, 0.2) is 137 Å². The van der Waals surface area contributed by atoms with Gasteiger partial charge < -0.3 is 0 Å². The summed E-state index contributed by atoms with van der Waals surface area (Å²) < 4.78 is 0. The molecule has 0 aliphatic carbocycles. The number of benzene rings is 4. The first kappa shape index (κ1) is 23.1. The molecular weight excluding hydrogens is 446 g/mol. The SMILES string of the molecule is Cc1ccc(C(=O)C2=C(C(=O)c3ccccc3)[C@H](c3ccccc3)N(Cc3ccccc3)N=N2)cc1. The van der Waals surface area contributed by atoms with E-state index in [9.17, 15) is 9.59 Å². The van der Waals surface area contributed by atoms with Crippen LogP contribution in [0.1, 0.15) is 43.4 Å². The minimum Gasteiger partial charge on any atom is -0.289 e. The molecule has 0 N–H and O–H groups in total. The molecule has 1 aliphatic rings. The molecule has 0 saturated heterocycles. The number of carbonyl (C=O) groups excluding carboxylic acids is 2. The summed E-state index contributed by atoms with van der Waals surface area (Å²) in [6, 6.07) is 35.3. The lowest BCUT2D eigenvalue weighted by molar-refractivity contribution is 0.0947. The van der Waals surface area contributed by atoms with Gasteiger partial charge in [-0.05, 0) is 18.1 Å². The fourth-order valence-electron chi connectivity index (χ4n) is 4.34. The van der Waals surface area contributed by atoms with E-state index in [-0.39, 0.29) is 17.3 Å². The zero-order valence-electron chi connectivity index (χ0n) is 19.9. The molecule has 4 aromatic carbocycles. The summed E-state index contributed by atoms with van der Waals surface area (Å²) in [4.78, 5) is 27.8. The average molecular weight is 472 g/mol. The van der Waals surface area contributed by atoms with E-state index in [1.165, 1.54) is 0 Å². The van der Waals surface area contributed by atoms with Gasteiger partial charge in [0, 0.05) is 11.1 Å². The normalized spacial score (nSPS) is 15.1. The topological polar surface area (TPSA) is 62.1 Å². The lowest BCUT2D eigenvalue weighted by Crippen LogP contribution is -2.32. The van der Waals surface area contributed by atoms with Crippen LogP contribution in [-0.4, -0.2) is 16.6 Å². The van der Waals surface area contributed by atoms with Gasteiger partial charge in [-0.15, -0.1) is 5.11 Å². The largest absolute Gasteiger partial charge is 0.289 e. The van der Waals surface area contributed by atoms with Gasteiger partial charge in [-0.1, -0.05) is 126 Å². The number of hydrogen-bond acceptors (Lipinski definition) is 5. The van der Waals surface area contributed by atoms with Crippen molar-refractivity contribution in [3.05, 3.63) is 154 Å². The van der Waals surface area contributed by atoms with E-state index < -0.39 is 6.04 Å². The maximum atomic E-state index is 14.0. The molecule has 176 valence electrons. The Bertz CT molecular complexity index is 1430. The monoisotopic (exact) mass is 471 g/mol. The molecule has 1 atom stereocenters. The number of nitrogens with zero attached hydrogens (tertiary/aromatic N) is 3. The Morgan fingerprint density at radius 1 is 0.694 bits per heavy atom. The highest BCUT2D eigenvalue weighted by Gasteiger charge is 2.37. The van der Waals surface area contributed by atoms with Crippen LogP contribution in [0.4, 0.5) is 0 Å². The Labute approximate surface area is 210 Å². The highest BCUT2D eigenvalue weighted by atomic mass is 16.1. The van der Waals surface area contributed by atoms with Crippen LogP contribution in [0, 0.1) is 6.92 Å². The van der Waals surface area contributed by atoms with Crippen molar-refractivity contribution in [1.29, 1.82) is 0 Å². The molecule has 5 nitrogen and oxygen atoms in total. The van der Waals surface area contributed by atoms with Crippen molar-refractivity contribution in [2.45, 2.75) is 19.5 Å². The lowest BCUT2D eigenvalue weighted by Gasteiger charge is -2.33. The Kier molecular flexibility index (Phi) is 6.63. The smallest absolute Gasteiger partial charge is 0.213 e. The minimum atomic E-state index is -0.582. The summed E-state index contributed by atoms with van der Waals surface area (Å²) in [5.74, 6) is -0.560. The zero-order valence-corrected chi connectivity index (χ0v) is 19.9. The van der Waals surface area contributed by atoms with Gasteiger partial charge in [0.25, 0.3) is 0 Å². The van der Waals surface area contributed by atoms with Crippen molar-refractivity contribution in [2.24, 2.45) is 10.3 Å². The third kappa shape index (κ3) is 4.77. The van der Waals surface area contributed by atoms with Crippen LogP contribution in [0.2, 0.25) is 0 Å². The van der Waals surface area contributed by atoms with E-state index in [1.807, 2.05) is 97.9 Å². The highest BCUT2D eigenvalue weighted by Crippen LogP contribution is 2.39. The zero-order chi connectivity index (χ0) is 24.9. The summed E-state index contributed by atoms with van der Waals surface area (Å²) in [7, 11) is 0. The van der Waals surface area contributed by atoms with Crippen molar-refractivity contribution >= 4 is 11.6 Å². The van der Waals surface area contributed by atoms with Gasteiger partial charge in [0.15, 0.2) is 5.78 Å². The number of carbonyl (C=O) groups is 2. The second kappa shape index (κ2) is 10.3. The van der Waals surface area contributed by atoms with Crippen LogP contribution in [0.3, 0.4) is 0 Å². The van der Waals surface area contributed by atoms with Crippen LogP contribution >= 0.6 is 0 Å². The summed E-state index contributed by atoms with van der Waals surface area (Å²) in [5, 5.41) is 10.6. The molecule has 0 unspecified atom stereocenters. The number of rotatable bonds is 7. The Morgan fingerprint density at radius 2 is 1.25 bits per heavy atom. The Morgan fingerprint density at radius 3 is 1.89 bits per heavy atom. The first-order chi connectivity index (χ1) is 17.6. The van der Waals surface area contributed by atoms with E-state index in [1.54, 1.807) is 29.3 Å². The van der Waals surface area contributed by atoms with Crippen molar-refractivity contribution in [1.82, 2.24) is 5.01 Å². The predicted octanol–water partition coefficient (Wildman–Crippen LogP) is 6.94. The van der Waals surface area contributed by atoms with Crippen LogP contribution in [0.25, 0.3) is 0 Å². The summed E-state index contributed by atoms with van der Waals surface area (Å²) in [5.41, 5.74) is 4.30. The van der Waals surface area contributed by atoms with Gasteiger partial charge in [-0.25, -0.2) is 0 Å². The molecule has 0 fully saturated rings. The van der Waals surface area contributed by atoms with Crippen molar-refractivity contribution in [2.75, 3.05) is 0 Å². The number of aryl methyl sites for hydroxylation is 1. The van der Waals surface area contributed by atoms with Gasteiger partial charge in [0.1, 0.15) is 11.7 Å². The van der Waals surface area contributed by atoms with Crippen LogP contribution in [-0.2, 0) is 6.54 Å². The Balaban J connectivity index is 1.68. The third-order valence-electron chi connectivity index (χ3n) is 6.20. The maximum Gasteiger partial charge on any atom is 0.213 e. The molecule has 36 heavy (non-hydrogen) atoms. The van der Waals surface area contributed by atoms with E-state index >= 15 is 0 Å². The molecule has 5 heteroatoms. The highest BCUT2D eigenvalue weighted by molar-refractivity contribution is 6.18. The lowest BCUT2D eigenvalue weighted by atomic mass is 9.87. The van der Waals surface area contributed by atoms with Crippen molar-refractivity contribution in [3.63, 3.8) is 0 Å². The van der Waals surface area contributed by atoms with E-state index in [4.69, 9.17) is 0 Å². The average Bonchev–Trinajstić information content (AvgIpc) is 2.94. The fourth-order valence-corrected chi connectivity index (χ4v) is 4.34. The van der Waals surface area contributed by atoms with Crippen molar-refractivity contribution < 1.29 is 9.59 Å². The van der Waals surface area contributed by atoms with E-state index in [0.29, 0.717) is 23.2 Å². The molecule has 0 amide bonds. The number of Topliss-reactive ketones (excluding diaryl/α,β-unsaturated/α-hetero) is 2. The predicted molar refractivity (Wildman–Crippen MR) is 139 cm³/mol. The molecule has 0 bridgehead atoms. The van der Waals surface area contributed by atoms with Gasteiger partial charge in [-0.3, -0.25) is 14.6 Å². The summed E-state index contributed by atoms with van der Waals surface area (Å²) in [6.45, 7) is 2.40. The first-order valence-electron chi connectivity index (χ1n) is 11.8. The van der Waals surface area contributed by atoms with Gasteiger partial charge in [-0.2, -0.15) is 0 Å². The van der Waals surface area contributed by atoms with Gasteiger partial charge >= 0.3 is 0 Å². The second-order valence-corrected chi connectivity index (χ2v) is 8.74. The second-order valence-electron chi connectivity index (χ2n) is 8.74. The van der Waals surface area contributed by atoms with Crippen LogP contribution in [0.5, 0.6) is 0 Å². The van der Waals surface area contributed by atoms with Gasteiger partial charge in [0.2, 0.25) is 5.78 Å². The number of hydrogen-bond donors (Lipinski definition) is 0.